The lowest BCUT2D eigenvalue weighted by Crippen LogP contribution is -2.19. The molecule has 2 N–H and O–H groups in total. The number of nitrogens with one attached hydrogen (secondary N) is 2. The van der Waals surface area contributed by atoms with E-state index in [4.69, 9.17) is 0 Å². The Morgan fingerprint density at radius 2 is 2.05 bits per heavy atom. The third-order valence-corrected chi connectivity index (χ3v) is 4.59. The number of thioether (sulfide) groups is 1. The van der Waals surface area contributed by atoms with Crippen LogP contribution >= 0.6 is 11.8 Å². The Labute approximate surface area is 115 Å². The fraction of sp³-hybridized carbons (Fsp3) is 0.636. The van der Waals surface area contributed by atoms with Crippen LogP contribution in [0, 0.1) is 10.1 Å². The van der Waals surface area contributed by atoms with Crippen LogP contribution in [0.25, 0.3) is 0 Å². The van der Waals surface area contributed by atoms with Crippen LogP contribution in [0.15, 0.2) is 6.33 Å². The molecule has 8 heteroatoms. The van der Waals surface area contributed by atoms with Crippen LogP contribution in [-0.4, -0.2) is 39.0 Å². The van der Waals surface area contributed by atoms with Gasteiger partial charge in [0.05, 0.1) is 4.92 Å². The number of nitro groups is 1. The van der Waals surface area contributed by atoms with Gasteiger partial charge in [0.15, 0.2) is 0 Å². The number of hydrogen-bond acceptors (Lipinski definition) is 7. The summed E-state index contributed by atoms with van der Waals surface area (Å²) in [5.74, 6) is 0.551. The molecular formula is C11H17N5O2S. The zero-order valence-electron chi connectivity index (χ0n) is 11.0. The summed E-state index contributed by atoms with van der Waals surface area (Å²) in [5, 5.41) is 17.1. The highest BCUT2D eigenvalue weighted by molar-refractivity contribution is 8.00. The molecule has 19 heavy (non-hydrogen) atoms. The van der Waals surface area contributed by atoms with Gasteiger partial charge in [-0.2, -0.15) is 11.8 Å². The highest BCUT2D eigenvalue weighted by atomic mass is 32.2. The maximum absolute atomic E-state index is 11.2. The zero-order chi connectivity index (χ0) is 13.9. The van der Waals surface area contributed by atoms with Crippen molar-refractivity contribution < 1.29 is 4.92 Å². The first-order chi connectivity index (χ1) is 9.12. The van der Waals surface area contributed by atoms with Gasteiger partial charge in [-0.05, 0) is 26.0 Å². The van der Waals surface area contributed by atoms with Crippen LogP contribution in [0.4, 0.5) is 17.3 Å². The first-order valence-electron chi connectivity index (χ1n) is 6.14. The van der Waals surface area contributed by atoms with Crippen molar-refractivity contribution in [2.45, 2.75) is 24.5 Å². The van der Waals surface area contributed by atoms with Crippen LogP contribution in [0.3, 0.4) is 0 Å². The van der Waals surface area contributed by atoms with E-state index in [0.29, 0.717) is 13.1 Å². The molecule has 104 valence electrons. The molecule has 0 atom stereocenters. The summed E-state index contributed by atoms with van der Waals surface area (Å²) in [5.41, 5.74) is -0.0822. The lowest BCUT2D eigenvalue weighted by Gasteiger charge is -2.14. The molecule has 1 aromatic heterocycles. The van der Waals surface area contributed by atoms with Crippen molar-refractivity contribution in [2.24, 2.45) is 0 Å². The summed E-state index contributed by atoms with van der Waals surface area (Å²) in [6.45, 7) is 3.13. The fourth-order valence-corrected chi connectivity index (χ4v) is 2.54. The van der Waals surface area contributed by atoms with Gasteiger partial charge < -0.3 is 10.6 Å². The molecule has 1 aliphatic carbocycles. The van der Waals surface area contributed by atoms with Gasteiger partial charge in [0, 0.05) is 17.8 Å². The first kappa shape index (κ1) is 13.9. The van der Waals surface area contributed by atoms with Crippen molar-refractivity contribution in [3.05, 3.63) is 16.4 Å². The molecule has 0 unspecified atom stereocenters. The Kier molecular flexibility index (Phi) is 4.08. The SMILES string of the molecule is CCNc1ncnc(NCC2(SC)CC2)c1[N+](=O)[O-]. The smallest absolute Gasteiger partial charge is 0.353 e. The van der Waals surface area contributed by atoms with Crippen LogP contribution in [0.1, 0.15) is 19.8 Å². The van der Waals surface area contributed by atoms with E-state index in [-0.39, 0.29) is 22.1 Å². The molecule has 0 radical (unpaired) electrons. The van der Waals surface area contributed by atoms with E-state index in [1.807, 2.05) is 6.92 Å². The Bertz CT molecular complexity index is 478. The first-order valence-corrected chi connectivity index (χ1v) is 7.36. The predicted molar refractivity (Wildman–Crippen MR) is 76.8 cm³/mol. The van der Waals surface area contributed by atoms with E-state index in [1.54, 1.807) is 11.8 Å². The maximum atomic E-state index is 11.2. The van der Waals surface area contributed by atoms with Crippen LogP contribution in [-0.2, 0) is 0 Å². The Morgan fingerprint density at radius 3 is 2.53 bits per heavy atom. The molecule has 1 heterocycles. The van der Waals surface area contributed by atoms with E-state index < -0.39 is 4.92 Å². The van der Waals surface area contributed by atoms with Crippen molar-refractivity contribution in [3.8, 4) is 0 Å². The molecule has 1 saturated carbocycles. The van der Waals surface area contributed by atoms with Gasteiger partial charge in [-0.3, -0.25) is 10.1 Å². The van der Waals surface area contributed by atoms with E-state index in [1.165, 1.54) is 6.33 Å². The average Bonchev–Trinajstić information content (AvgIpc) is 3.17. The van der Waals surface area contributed by atoms with Crippen molar-refractivity contribution in [2.75, 3.05) is 30.0 Å². The topological polar surface area (TPSA) is 93.0 Å². The number of aromatic nitrogens is 2. The zero-order valence-corrected chi connectivity index (χ0v) is 11.8. The number of nitrogens with zero attached hydrogens (tertiary/aromatic N) is 3. The molecule has 0 saturated heterocycles. The molecule has 0 spiro atoms. The Morgan fingerprint density at radius 1 is 1.42 bits per heavy atom. The van der Waals surface area contributed by atoms with Gasteiger partial charge in [0.2, 0.25) is 11.6 Å². The molecule has 0 aromatic carbocycles. The summed E-state index contributed by atoms with van der Waals surface area (Å²) >= 11 is 1.79. The minimum atomic E-state index is -0.445. The van der Waals surface area contributed by atoms with Crippen molar-refractivity contribution in [3.63, 3.8) is 0 Å². The molecule has 2 rings (SSSR count). The standard InChI is InChI=1S/C11H17N5O2S/c1-3-12-9-8(16(17)18)10(15-7-14-9)13-6-11(19-2)4-5-11/h7H,3-6H2,1-2H3,(H2,12,13,14,15). The molecule has 0 bridgehead atoms. The highest BCUT2D eigenvalue weighted by Gasteiger charge is 2.42. The second-order valence-corrected chi connectivity index (χ2v) is 5.72. The minimum Gasteiger partial charge on any atom is -0.364 e. The lowest BCUT2D eigenvalue weighted by atomic mass is 10.3. The maximum Gasteiger partial charge on any atom is 0.353 e. The summed E-state index contributed by atoms with van der Waals surface area (Å²) in [6, 6.07) is 0. The predicted octanol–water partition coefficient (Wildman–Crippen LogP) is 2.12. The molecule has 7 nitrogen and oxygen atoms in total. The lowest BCUT2D eigenvalue weighted by molar-refractivity contribution is -0.383. The summed E-state index contributed by atoms with van der Waals surface area (Å²) < 4.78 is 0.219. The Hall–Kier alpha value is -1.57. The van der Waals surface area contributed by atoms with Gasteiger partial charge in [0.25, 0.3) is 0 Å². The third kappa shape index (κ3) is 3.06. The number of anilines is 2. The summed E-state index contributed by atoms with van der Waals surface area (Å²) in [4.78, 5) is 18.6. The molecule has 1 aromatic rings. The molecule has 1 aliphatic rings. The van der Waals surface area contributed by atoms with E-state index in [9.17, 15) is 10.1 Å². The van der Waals surface area contributed by atoms with Gasteiger partial charge in [-0.15, -0.1) is 0 Å². The monoisotopic (exact) mass is 283 g/mol. The van der Waals surface area contributed by atoms with E-state index in [2.05, 4.69) is 26.9 Å². The van der Waals surface area contributed by atoms with Gasteiger partial charge in [-0.25, -0.2) is 9.97 Å². The van der Waals surface area contributed by atoms with Gasteiger partial charge in [0.1, 0.15) is 6.33 Å². The number of hydrogen-bond donors (Lipinski definition) is 2. The van der Waals surface area contributed by atoms with Crippen molar-refractivity contribution in [1.82, 2.24) is 9.97 Å². The van der Waals surface area contributed by atoms with Gasteiger partial charge >= 0.3 is 5.69 Å². The third-order valence-electron chi connectivity index (χ3n) is 3.17. The van der Waals surface area contributed by atoms with Crippen LogP contribution in [0.5, 0.6) is 0 Å². The molecule has 1 fully saturated rings. The number of rotatable bonds is 7. The normalized spacial score (nSPS) is 15.9. The Balaban J connectivity index is 2.19. The van der Waals surface area contributed by atoms with E-state index >= 15 is 0 Å². The van der Waals surface area contributed by atoms with Crippen molar-refractivity contribution >= 4 is 29.1 Å². The van der Waals surface area contributed by atoms with Crippen LogP contribution in [0.2, 0.25) is 0 Å². The second kappa shape index (κ2) is 5.60. The summed E-state index contributed by atoms with van der Waals surface area (Å²) in [7, 11) is 0. The summed E-state index contributed by atoms with van der Waals surface area (Å²) in [6.07, 6.45) is 5.68. The highest BCUT2D eigenvalue weighted by Crippen LogP contribution is 2.47. The van der Waals surface area contributed by atoms with Crippen LogP contribution < -0.4 is 10.6 Å². The quantitative estimate of drug-likeness (QED) is 0.584. The van der Waals surface area contributed by atoms with Gasteiger partial charge in [-0.1, -0.05) is 0 Å². The second-order valence-electron chi connectivity index (χ2n) is 4.45. The largest absolute Gasteiger partial charge is 0.364 e. The molecule has 0 aliphatic heterocycles. The van der Waals surface area contributed by atoms with Crippen molar-refractivity contribution in [1.29, 1.82) is 0 Å². The molecular weight excluding hydrogens is 266 g/mol. The fourth-order valence-electron chi connectivity index (χ4n) is 1.82. The minimum absolute atomic E-state index is 0.0822. The molecule has 0 amide bonds. The average molecular weight is 283 g/mol. The van der Waals surface area contributed by atoms with E-state index in [0.717, 1.165) is 12.8 Å².